The zero-order chi connectivity index (χ0) is 11.7. The normalized spacial score (nSPS) is 22.1. The number of hydrogen-bond acceptors (Lipinski definition) is 2. The maximum absolute atomic E-state index is 5.83. The highest BCUT2D eigenvalue weighted by Crippen LogP contribution is 2.38. The molecule has 0 aromatic rings. The van der Waals surface area contributed by atoms with Gasteiger partial charge < -0.3 is 9.31 Å². The van der Waals surface area contributed by atoms with Crippen molar-refractivity contribution in [3.05, 3.63) is 12.1 Å². The number of rotatable bonds is 2. The van der Waals surface area contributed by atoms with Crippen molar-refractivity contribution in [3.63, 3.8) is 0 Å². The standard InChI is InChI=1S/C12H19BO2/c1-7-8-9-10(2)13-14-11(3,4)12(5,6)15-13/h2,9H2,1,3-6H3. The molecule has 0 atom stereocenters. The Morgan fingerprint density at radius 1 is 1.20 bits per heavy atom. The molecule has 0 aromatic heterocycles. The lowest BCUT2D eigenvalue weighted by atomic mass is 9.77. The monoisotopic (exact) mass is 206 g/mol. The smallest absolute Gasteiger partial charge is 0.400 e. The van der Waals surface area contributed by atoms with Crippen LogP contribution in [0.4, 0.5) is 0 Å². The van der Waals surface area contributed by atoms with Gasteiger partial charge in [-0.25, -0.2) is 0 Å². The molecule has 0 N–H and O–H groups in total. The molecule has 0 aliphatic carbocycles. The maximum atomic E-state index is 5.83. The van der Waals surface area contributed by atoms with Crippen molar-refractivity contribution in [2.75, 3.05) is 0 Å². The van der Waals surface area contributed by atoms with E-state index in [1.54, 1.807) is 0 Å². The first-order valence-corrected chi connectivity index (χ1v) is 5.23. The van der Waals surface area contributed by atoms with Gasteiger partial charge in [-0.2, -0.15) is 0 Å². The van der Waals surface area contributed by atoms with Crippen LogP contribution in [0.2, 0.25) is 0 Å². The Labute approximate surface area is 93.2 Å². The summed E-state index contributed by atoms with van der Waals surface area (Å²) in [6.07, 6.45) is 0.632. The average Bonchev–Trinajstić information content (AvgIpc) is 2.32. The van der Waals surface area contributed by atoms with E-state index in [-0.39, 0.29) is 18.3 Å². The third-order valence-corrected chi connectivity index (χ3v) is 3.08. The Morgan fingerprint density at radius 2 is 1.67 bits per heavy atom. The maximum Gasteiger partial charge on any atom is 0.490 e. The van der Waals surface area contributed by atoms with Crippen LogP contribution in [0.5, 0.6) is 0 Å². The van der Waals surface area contributed by atoms with Crippen molar-refractivity contribution in [1.29, 1.82) is 0 Å². The van der Waals surface area contributed by atoms with Crippen molar-refractivity contribution >= 4 is 7.12 Å². The highest BCUT2D eigenvalue weighted by atomic mass is 16.7. The molecule has 0 amide bonds. The fourth-order valence-corrected chi connectivity index (χ4v) is 1.29. The Balaban J connectivity index is 2.69. The molecule has 0 unspecified atom stereocenters. The second kappa shape index (κ2) is 4.04. The largest absolute Gasteiger partial charge is 0.490 e. The van der Waals surface area contributed by atoms with Crippen molar-refractivity contribution < 1.29 is 9.31 Å². The van der Waals surface area contributed by atoms with Crippen LogP contribution in [0.15, 0.2) is 12.1 Å². The van der Waals surface area contributed by atoms with Crippen LogP contribution >= 0.6 is 0 Å². The van der Waals surface area contributed by atoms with Gasteiger partial charge >= 0.3 is 7.12 Å². The highest BCUT2D eigenvalue weighted by Gasteiger charge is 2.51. The van der Waals surface area contributed by atoms with Gasteiger partial charge in [0, 0.05) is 6.42 Å². The topological polar surface area (TPSA) is 18.5 Å². The molecule has 1 rings (SSSR count). The molecule has 0 radical (unpaired) electrons. The second-order valence-corrected chi connectivity index (χ2v) is 4.85. The summed E-state index contributed by atoms with van der Waals surface area (Å²) >= 11 is 0. The second-order valence-electron chi connectivity index (χ2n) is 4.85. The van der Waals surface area contributed by atoms with Crippen LogP contribution < -0.4 is 0 Å². The number of allylic oxidation sites excluding steroid dienone is 1. The van der Waals surface area contributed by atoms with E-state index in [4.69, 9.17) is 9.31 Å². The van der Waals surface area contributed by atoms with Crippen LogP contribution in [0.3, 0.4) is 0 Å². The van der Waals surface area contributed by atoms with Gasteiger partial charge in [0.2, 0.25) is 0 Å². The third-order valence-electron chi connectivity index (χ3n) is 3.08. The molecule has 0 saturated carbocycles. The molecule has 0 spiro atoms. The van der Waals surface area contributed by atoms with Crippen LogP contribution in [-0.2, 0) is 9.31 Å². The van der Waals surface area contributed by atoms with Gasteiger partial charge in [0.05, 0.1) is 11.2 Å². The fraction of sp³-hybridized carbons (Fsp3) is 0.667. The lowest BCUT2D eigenvalue weighted by Crippen LogP contribution is -2.41. The summed E-state index contributed by atoms with van der Waals surface area (Å²) in [5.41, 5.74) is 0.309. The van der Waals surface area contributed by atoms with Crippen LogP contribution in [0.1, 0.15) is 41.0 Å². The van der Waals surface area contributed by atoms with Crippen molar-refractivity contribution in [3.8, 4) is 11.8 Å². The zero-order valence-electron chi connectivity index (χ0n) is 10.3. The molecule has 2 nitrogen and oxygen atoms in total. The molecule has 82 valence electrons. The van der Waals surface area contributed by atoms with Gasteiger partial charge in [-0.1, -0.05) is 5.92 Å². The Morgan fingerprint density at radius 3 is 2.07 bits per heavy atom. The number of hydrogen-bond donors (Lipinski definition) is 0. The van der Waals surface area contributed by atoms with Gasteiger partial charge in [0.15, 0.2) is 0 Å². The highest BCUT2D eigenvalue weighted by molar-refractivity contribution is 6.54. The lowest BCUT2D eigenvalue weighted by Gasteiger charge is -2.32. The first kappa shape index (κ1) is 12.4. The molecule has 1 heterocycles. The molecule has 3 heteroatoms. The lowest BCUT2D eigenvalue weighted by molar-refractivity contribution is 0.00578. The van der Waals surface area contributed by atoms with E-state index < -0.39 is 0 Å². The minimum atomic E-state index is -0.323. The van der Waals surface area contributed by atoms with E-state index in [0.29, 0.717) is 6.42 Å². The molecule has 1 fully saturated rings. The van der Waals surface area contributed by atoms with Gasteiger partial charge in [0.25, 0.3) is 0 Å². The Hall–Kier alpha value is -0.715. The van der Waals surface area contributed by atoms with Crippen LogP contribution in [0, 0.1) is 11.8 Å². The van der Waals surface area contributed by atoms with Crippen LogP contribution in [-0.4, -0.2) is 18.3 Å². The van der Waals surface area contributed by atoms with E-state index in [1.807, 2.05) is 34.6 Å². The molecule has 0 bridgehead atoms. The molecule has 1 saturated heterocycles. The summed E-state index contributed by atoms with van der Waals surface area (Å²) in [4.78, 5) is 0. The predicted octanol–water partition coefficient (Wildman–Crippen LogP) is 2.59. The Kier molecular flexibility index (Phi) is 3.33. The summed E-state index contributed by atoms with van der Waals surface area (Å²) in [6, 6.07) is 0. The summed E-state index contributed by atoms with van der Waals surface area (Å²) in [6.45, 7) is 13.9. The SMILES string of the molecule is C=C(CC#CC)B1OC(C)(C)C(C)(C)O1. The molecule has 1 aliphatic rings. The summed E-state index contributed by atoms with van der Waals surface area (Å²) in [7, 11) is -0.323. The van der Waals surface area contributed by atoms with Crippen molar-refractivity contribution in [2.24, 2.45) is 0 Å². The summed E-state index contributed by atoms with van der Waals surface area (Å²) < 4.78 is 11.7. The minimum Gasteiger partial charge on any atom is -0.400 e. The van der Waals surface area contributed by atoms with E-state index >= 15 is 0 Å². The molecular formula is C12H19BO2. The van der Waals surface area contributed by atoms with Crippen molar-refractivity contribution in [1.82, 2.24) is 0 Å². The minimum absolute atomic E-state index is 0.291. The molecule has 1 aliphatic heterocycles. The van der Waals surface area contributed by atoms with Gasteiger partial charge in [0.1, 0.15) is 0 Å². The summed E-state index contributed by atoms with van der Waals surface area (Å²) in [5.74, 6) is 5.81. The first-order chi connectivity index (χ1) is 6.80. The molecular weight excluding hydrogens is 187 g/mol. The molecule has 15 heavy (non-hydrogen) atoms. The van der Waals surface area contributed by atoms with Gasteiger partial charge in [-0.05, 0) is 40.1 Å². The first-order valence-electron chi connectivity index (χ1n) is 5.23. The van der Waals surface area contributed by atoms with E-state index in [1.165, 1.54) is 0 Å². The fourth-order valence-electron chi connectivity index (χ4n) is 1.29. The molecule has 0 aromatic carbocycles. The Bertz CT molecular complexity index is 304. The van der Waals surface area contributed by atoms with Gasteiger partial charge in [-0.3, -0.25) is 0 Å². The van der Waals surface area contributed by atoms with Gasteiger partial charge in [-0.15, -0.1) is 12.5 Å². The predicted molar refractivity (Wildman–Crippen MR) is 63.3 cm³/mol. The van der Waals surface area contributed by atoms with E-state index in [9.17, 15) is 0 Å². The average molecular weight is 206 g/mol. The van der Waals surface area contributed by atoms with E-state index in [0.717, 1.165) is 5.47 Å². The third kappa shape index (κ3) is 2.45. The quantitative estimate of drug-likeness (QED) is 0.510. The van der Waals surface area contributed by atoms with Crippen molar-refractivity contribution in [2.45, 2.75) is 52.2 Å². The zero-order valence-corrected chi connectivity index (χ0v) is 10.3. The summed E-state index contributed by atoms with van der Waals surface area (Å²) in [5, 5.41) is 0. The van der Waals surface area contributed by atoms with Crippen LogP contribution in [0.25, 0.3) is 0 Å². The van der Waals surface area contributed by atoms with E-state index in [2.05, 4.69) is 18.4 Å².